The van der Waals surface area contributed by atoms with Crippen molar-refractivity contribution in [2.45, 2.75) is 25.3 Å². The summed E-state index contributed by atoms with van der Waals surface area (Å²) >= 11 is 6.13. The Morgan fingerprint density at radius 2 is 2.16 bits per heavy atom. The highest BCUT2D eigenvalue weighted by Crippen LogP contribution is 2.33. The molecule has 1 aliphatic heterocycles. The molecule has 1 N–H and O–H groups in total. The van der Waals surface area contributed by atoms with Crippen LogP contribution >= 0.6 is 11.6 Å². The molecule has 1 unspecified atom stereocenters. The van der Waals surface area contributed by atoms with E-state index < -0.39 is 5.97 Å². The number of benzene rings is 1. The van der Waals surface area contributed by atoms with E-state index in [0.29, 0.717) is 10.8 Å². The lowest BCUT2D eigenvalue weighted by Crippen LogP contribution is -2.27. The van der Waals surface area contributed by atoms with E-state index in [1.54, 1.807) is 13.2 Å². The molecule has 4 nitrogen and oxygen atoms in total. The van der Waals surface area contributed by atoms with Crippen molar-refractivity contribution in [2.75, 3.05) is 20.2 Å². The van der Waals surface area contributed by atoms with Crippen molar-refractivity contribution in [3.63, 3.8) is 0 Å². The number of rotatable bonds is 5. The van der Waals surface area contributed by atoms with Gasteiger partial charge in [-0.3, -0.25) is 9.69 Å². The number of hydrogen-bond donors (Lipinski definition) is 1. The average molecular weight is 284 g/mol. The summed E-state index contributed by atoms with van der Waals surface area (Å²) in [7, 11) is 1.57. The molecule has 1 aliphatic rings. The Morgan fingerprint density at radius 1 is 1.47 bits per heavy atom. The van der Waals surface area contributed by atoms with Gasteiger partial charge in [-0.25, -0.2) is 0 Å². The van der Waals surface area contributed by atoms with E-state index in [1.165, 1.54) is 0 Å². The van der Waals surface area contributed by atoms with Crippen molar-refractivity contribution in [3.8, 4) is 5.75 Å². The van der Waals surface area contributed by atoms with Crippen molar-refractivity contribution >= 4 is 17.6 Å². The molecule has 0 radical (unpaired) electrons. The number of methoxy groups -OCH3 is 1. The van der Waals surface area contributed by atoms with Crippen molar-refractivity contribution in [1.29, 1.82) is 0 Å². The number of carboxylic acids is 1. The second kappa shape index (κ2) is 6.26. The highest BCUT2D eigenvalue weighted by molar-refractivity contribution is 6.32. The number of carbonyl (C=O) groups is 1. The van der Waals surface area contributed by atoms with Crippen LogP contribution in [-0.2, 0) is 4.79 Å². The molecule has 1 saturated heterocycles. The zero-order valence-electron chi connectivity index (χ0n) is 10.9. The van der Waals surface area contributed by atoms with E-state index in [4.69, 9.17) is 21.4 Å². The fraction of sp³-hybridized carbons (Fsp3) is 0.500. The van der Waals surface area contributed by atoms with Gasteiger partial charge in [0.05, 0.1) is 18.6 Å². The van der Waals surface area contributed by atoms with Crippen LogP contribution in [-0.4, -0.2) is 36.2 Å². The lowest BCUT2D eigenvalue weighted by molar-refractivity contribution is -0.138. The van der Waals surface area contributed by atoms with Crippen LogP contribution in [0.2, 0.25) is 5.02 Å². The molecule has 1 aromatic carbocycles. The van der Waals surface area contributed by atoms with Gasteiger partial charge in [0.2, 0.25) is 0 Å². The minimum absolute atomic E-state index is 0.0999. The lowest BCUT2D eigenvalue weighted by Gasteiger charge is -2.27. The maximum atomic E-state index is 11.1. The van der Waals surface area contributed by atoms with Crippen LogP contribution in [0.25, 0.3) is 0 Å². The molecule has 5 heteroatoms. The van der Waals surface area contributed by atoms with Gasteiger partial charge in [0.25, 0.3) is 0 Å². The number of nitrogens with zero attached hydrogens (tertiary/aromatic N) is 1. The van der Waals surface area contributed by atoms with Crippen LogP contribution in [0.3, 0.4) is 0 Å². The third kappa shape index (κ3) is 3.39. The first-order chi connectivity index (χ1) is 9.11. The normalized spacial score (nSPS) is 17.4. The van der Waals surface area contributed by atoms with E-state index in [0.717, 1.165) is 31.5 Å². The zero-order chi connectivity index (χ0) is 13.8. The summed E-state index contributed by atoms with van der Waals surface area (Å²) in [6, 6.07) is 5.40. The van der Waals surface area contributed by atoms with Crippen molar-refractivity contribution < 1.29 is 14.6 Å². The number of hydrogen-bond acceptors (Lipinski definition) is 3. The van der Waals surface area contributed by atoms with Crippen LogP contribution in [0.5, 0.6) is 5.75 Å². The van der Waals surface area contributed by atoms with Gasteiger partial charge in [0.15, 0.2) is 0 Å². The smallest absolute Gasteiger partial charge is 0.305 e. The molecule has 104 valence electrons. The Hall–Kier alpha value is -1.26. The molecule has 0 aromatic heterocycles. The number of carboxylic acid groups (broad SMARTS) is 1. The number of aliphatic carboxylic acids is 1. The summed E-state index contributed by atoms with van der Waals surface area (Å²) in [5, 5.41) is 9.61. The van der Waals surface area contributed by atoms with Gasteiger partial charge in [-0.15, -0.1) is 0 Å². The minimum atomic E-state index is -0.788. The predicted molar refractivity (Wildman–Crippen MR) is 73.8 cm³/mol. The third-order valence-electron chi connectivity index (χ3n) is 3.51. The highest BCUT2D eigenvalue weighted by atomic mass is 35.5. The van der Waals surface area contributed by atoms with Crippen LogP contribution in [0, 0.1) is 0 Å². The van der Waals surface area contributed by atoms with Gasteiger partial charge in [-0.1, -0.05) is 17.7 Å². The number of ether oxygens (including phenoxy) is 1. The molecular weight excluding hydrogens is 266 g/mol. The largest absolute Gasteiger partial charge is 0.495 e. The number of halogens is 1. The maximum absolute atomic E-state index is 11.1. The maximum Gasteiger partial charge on any atom is 0.305 e. The summed E-state index contributed by atoms with van der Waals surface area (Å²) in [6.07, 6.45) is 2.35. The summed E-state index contributed by atoms with van der Waals surface area (Å²) in [5.74, 6) is -0.176. The molecule has 0 saturated carbocycles. The molecule has 0 aliphatic carbocycles. The first kappa shape index (κ1) is 14.2. The second-order valence-corrected chi connectivity index (χ2v) is 5.16. The topological polar surface area (TPSA) is 49.8 Å². The zero-order valence-corrected chi connectivity index (χ0v) is 11.7. The molecule has 19 heavy (non-hydrogen) atoms. The molecule has 1 fully saturated rings. The fourth-order valence-electron chi connectivity index (χ4n) is 2.57. The average Bonchev–Trinajstić information content (AvgIpc) is 2.89. The Balaban J connectivity index is 2.26. The van der Waals surface area contributed by atoms with Gasteiger partial charge < -0.3 is 9.84 Å². The summed E-state index contributed by atoms with van der Waals surface area (Å²) < 4.78 is 5.12. The molecule has 0 amide bonds. The van der Waals surface area contributed by atoms with Crippen LogP contribution in [0.4, 0.5) is 0 Å². The molecule has 1 heterocycles. The van der Waals surface area contributed by atoms with Crippen LogP contribution in [0.15, 0.2) is 18.2 Å². The molecule has 0 bridgehead atoms. The van der Waals surface area contributed by atoms with Gasteiger partial charge in [0.1, 0.15) is 5.75 Å². The summed E-state index contributed by atoms with van der Waals surface area (Å²) in [5.41, 5.74) is 0.940. The fourth-order valence-corrected chi connectivity index (χ4v) is 2.83. The SMILES string of the molecule is COc1ccc(C(CC(=O)O)N2CCCC2)cc1Cl. The van der Waals surface area contributed by atoms with E-state index in [9.17, 15) is 4.79 Å². The van der Waals surface area contributed by atoms with E-state index in [2.05, 4.69) is 4.90 Å². The Morgan fingerprint density at radius 3 is 2.68 bits per heavy atom. The third-order valence-corrected chi connectivity index (χ3v) is 3.81. The molecule has 1 aromatic rings. The Bertz CT molecular complexity index is 458. The number of likely N-dealkylation sites (tertiary alicyclic amines) is 1. The van der Waals surface area contributed by atoms with Crippen LogP contribution < -0.4 is 4.74 Å². The second-order valence-electron chi connectivity index (χ2n) is 4.75. The summed E-state index contributed by atoms with van der Waals surface area (Å²) in [4.78, 5) is 13.3. The van der Waals surface area contributed by atoms with E-state index >= 15 is 0 Å². The molecular formula is C14H18ClNO3. The van der Waals surface area contributed by atoms with Crippen molar-refractivity contribution in [2.24, 2.45) is 0 Å². The van der Waals surface area contributed by atoms with Gasteiger partial charge in [-0.05, 0) is 43.6 Å². The first-order valence-electron chi connectivity index (χ1n) is 6.41. The quantitative estimate of drug-likeness (QED) is 0.903. The Kier molecular flexibility index (Phi) is 4.66. The minimum Gasteiger partial charge on any atom is -0.495 e. The molecule has 2 rings (SSSR count). The highest BCUT2D eigenvalue weighted by Gasteiger charge is 2.26. The summed E-state index contributed by atoms with van der Waals surface area (Å²) in [6.45, 7) is 1.89. The molecule has 0 spiro atoms. The van der Waals surface area contributed by atoms with Crippen molar-refractivity contribution in [1.82, 2.24) is 4.90 Å². The van der Waals surface area contributed by atoms with E-state index in [-0.39, 0.29) is 12.5 Å². The Labute approximate surface area is 117 Å². The standard InChI is InChI=1S/C14H18ClNO3/c1-19-13-5-4-10(8-11(13)15)12(9-14(17)18)16-6-2-3-7-16/h4-5,8,12H,2-3,6-7,9H2,1H3,(H,17,18). The molecule has 1 atom stereocenters. The first-order valence-corrected chi connectivity index (χ1v) is 6.79. The van der Waals surface area contributed by atoms with E-state index in [1.807, 2.05) is 12.1 Å². The predicted octanol–water partition coefficient (Wildman–Crippen LogP) is 2.96. The monoisotopic (exact) mass is 283 g/mol. The van der Waals surface area contributed by atoms with Gasteiger partial charge >= 0.3 is 5.97 Å². The van der Waals surface area contributed by atoms with Gasteiger partial charge in [-0.2, -0.15) is 0 Å². The van der Waals surface area contributed by atoms with Gasteiger partial charge in [0, 0.05) is 6.04 Å². The van der Waals surface area contributed by atoms with Crippen LogP contribution in [0.1, 0.15) is 30.9 Å². The van der Waals surface area contributed by atoms with Crippen molar-refractivity contribution in [3.05, 3.63) is 28.8 Å². The lowest BCUT2D eigenvalue weighted by atomic mass is 10.0.